The number of carboxylic acids is 1. The van der Waals surface area contributed by atoms with E-state index >= 15 is 0 Å². The van der Waals surface area contributed by atoms with Crippen molar-refractivity contribution >= 4 is 5.97 Å². The first-order valence-corrected chi connectivity index (χ1v) is 6.96. The van der Waals surface area contributed by atoms with Crippen molar-refractivity contribution in [2.75, 3.05) is 40.3 Å². The summed E-state index contributed by atoms with van der Waals surface area (Å²) < 4.78 is 0. The molecule has 4 nitrogen and oxygen atoms in total. The van der Waals surface area contributed by atoms with Crippen molar-refractivity contribution in [1.29, 1.82) is 0 Å². The zero-order chi connectivity index (χ0) is 15.7. The van der Waals surface area contributed by atoms with Crippen LogP contribution >= 0.6 is 0 Å². The summed E-state index contributed by atoms with van der Waals surface area (Å²) in [5, 5.41) is 8.87. The molecule has 4 heteroatoms. The zero-order valence-corrected chi connectivity index (χ0v) is 13.5. The fraction of sp³-hybridized carbons (Fsp3) is 0.688. The molecule has 0 amide bonds. The average Bonchev–Trinajstić information content (AvgIpc) is 2.65. The van der Waals surface area contributed by atoms with Gasteiger partial charge in [-0.1, -0.05) is 32.6 Å². The van der Waals surface area contributed by atoms with Crippen molar-refractivity contribution < 1.29 is 9.90 Å². The molecule has 2 aliphatic rings. The third kappa shape index (κ3) is 3.49. The minimum Gasteiger partial charge on any atom is -0.481 e. The molecule has 0 bridgehead atoms. The highest BCUT2D eigenvalue weighted by Crippen LogP contribution is 2.33. The van der Waals surface area contributed by atoms with Crippen LogP contribution in [0.4, 0.5) is 0 Å². The van der Waals surface area contributed by atoms with Gasteiger partial charge in [0, 0.05) is 26.2 Å². The Hall–Kier alpha value is -1.13. The number of likely N-dealkylation sites (N-methyl/N-ethyl adjacent to an activating group) is 2. The quantitative estimate of drug-likeness (QED) is 0.747. The standard InChI is InChI=1S/C8H13NO2.C8H15N/c1-6-4-9(3)5-8(6,2)7(10)11;1-7-5-9(4)6-8(7,2)3/h1,4-5H2,2-3H3,(H,10,11);1,5-6H2,2-4H3/t8-;/m1./s1. The Morgan fingerprint density at radius 3 is 1.65 bits per heavy atom. The van der Waals surface area contributed by atoms with Gasteiger partial charge in [-0.2, -0.15) is 0 Å². The molecule has 2 aliphatic heterocycles. The van der Waals surface area contributed by atoms with Crippen LogP contribution in [-0.2, 0) is 4.79 Å². The second kappa shape index (κ2) is 5.70. The van der Waals surface area contributed by atoms with E-state index in [2.05, 4.69) is 39.0 Å². The molecule has 0 aliphatic carbocycles. The number of hydrogen-bond donors (Lipinski definition) is 1. The van der Waals surface area contributed by atoms with Gasteiger partial charge in [0.1, 0.15) is 0 Å². The van der Waals surface area contributed by atoms with Gasteiger partial charge in [0.15, 0.2) is 0 Å². The number of carbonyl (C=O) groups is 1. The molecule has 114 valence electrons. The van der Waals surface area contributed by atoms with Gasteiger partial charge in [-0.3, -0.25) is 4.79 Å². The lowest BCUT2D eigenvalue weighted by molar-refractivity contribution is -0.145. The third-order valence-corrected chi connectivity index (χ3v) is 4.38. The van der Waals surface area contributed by atoms with E-state index in [1.54, 1.807) is 6.92 Å². The Labute approximate surface area is 122 Å². The lowest BCUT2D eigenvalue weighted by Crippen LogP contribution is -2.31. The van der Waals surface area contributed by atoms with Crippen LogP contribution in [0.2, 0.25) is 0 Å². The molecule has 0 aromatic carbocycles. The SMILES string of the molecule is C=C1CN(C)CC1(C)C.C=C1CN(C)C[C@@]1(C)C(=O)O. The number of nitrogens with zero attached hydrogens (tertiary/aromatic N) is 2. The normalized spacial score (nSPS) is 30.2. The topological polar surface area (TPSA) is 43.8 Å². The summed E-state index contributed by atoms with van der Waals surface area (Å²) in [4.78, 5) is 15.1. The lowest BCUT2D eigenvalue weighted by Gasteiger charge is -2.18. The van der Waals surface area contributed by atoms with Gasteiger partial charge in [-0.05, 0) is 32.0 Å². The summed E-state index contributed by atoms with van der Waals surface area (Å²) in [7, 11) is 4.04. The van der Waals surface area contributed by atoms with E-state index in [0.717, 1.165) is 18.7 Å². The second-order valence-electron chi connectivity index (χ2n) is 7.07. The molecule has 2 fully saturated rings. The van der Waals surface area contributed by atoms with Crippen molar-refractivity contribution in [3.8, 4) is 0 Å². The van der Waals surface area contributed by atoms with E-state index in [1.807, 2.05) is 11.9 Å². The Bertz CT molecular complexity index is 428. The van der Waals surface area contributed by atoms with Gasteiger partial charge in [0.25, 0.3) is 0 Å². The highest BCUT2D eigenvalue weighted by molar-refractivity contribution is 5.79. The molecule has 0 unspecified atom stereocenters. The molecular weight excluding hydrogens is 252 g/mol. The predicted molar refractivity (Wildman–Crippen MR) is 82.8 cm³/mol. The van der Waals surface area contributed by atoms with E-state index < -0.39 is 11.4 Å². The molecule has 2 saturated heterocycles. The van der Waals surface area contributed by atoms with E-state index in [1.165, 1.54) is 5.57 Å². The summed E-state index contributed by atoms with van der Waals surface area (Å²) in [6.07, 6.45) is 0. The summed E-state index contributed by atoms with van der Waals surface area (Å²) in [5.74, 6) is -0.771. The van der Waals surface area contributed by atoms with Gasteiger partial charge in [-0.15, -0.1) is 0 Å². The molecule has 2 heterocycles. The Morgan fingerprint density at radius 1 is 1.05 bits per heavy atom. The van der Waals surface area contributed by atoms with Crippen LogP contribution in [0.15, 0.2) is 24.3 Å². The van der Waals surface area contributed by atoms with Crippen molar-refractivity contribution in [2.24, 2.45) is 10.8 Å². The van der Waals surface area contributed by atoms with Crippen molar-refractivity contribution in [3.05, 3.63) is 24.3 Å². The van der Waals surface area contributed by atoms with Crippen LogP contribution in [0.1, 0.15) is 20.8 Å². The van der Waals surface area contributed by atoms with Gasteiger partial charge in [0.05, 0.1) is 5.41 Å². The number of rotatable bonds is 1. The summed E-state index contributed by atoms with van der Waals surface area (Å²) in [6, 6.07) is 0. The average molecular weight is 280 g/mol. The first-order chi connectivity index (χ1) is 8.99. The van der Waals surface area contributed by atoms with Crippen LogP contribution in [0, 0.1) is 10.8 Å². The van der Waals surface area contributed by atoms with Crippen LogP contribution in [-0.4, -0.2) is 61.2 Å². The van der Waals surface area contributed by atoms with E-state index in [-0.39, 0.29) is 0 Å². The Balaban J connectivity index is 0.000000204. The van der Waals surface area contributed by atoms with Crippen LogP contribution in [0.25, 0.3) is 0 Å². The van der Waals surface area contributed by atoms with Crippen molar-refractivity contribution in [3.63, 3.8) is 0 Å². The fourth-order valence-electron chi connectivity index (χ4n) is 2.81. The van der Waals surface area contributed by atoms with E-state index in [0.29, 0.717) is 18.5 Å². The van der Waals surface area contributed by atoms with Crippen LogP contribution in [0.5, 0.6) is 0 Å². The molecular formula is C16H28N2O2. The van der Waals surface area contributed by atoms with Gasteiger partial charge < -0.3 is 14.9 Å². The molecule has 20 heavy (non-hydrogen) atoms. The summed E-state index contributed by atoms with van der Waals surface area (Å²) >= 11 is 0. The smallest absolute Gasteiger partial charge is 0.314 e. The minimum absolute atomic E-state index is 0.356. The monoisotopic (exact) mass is 280 g/mol. The third-order valence-electron chi connectivity index (χ3n) is 4.38. The second-order valence-corrected chi connectivity index (χ2v) is 7.07. The van der Waals surface area contributed by atoms with Crippen LogP contribution in [0.3, 0.4) is 0 Å². The molecule has 0 spiro atoms. The molecule has 1 N–H and O–H groups in total. The van der Waals surface area contributed by atoms with E-state index in [9.17, 15) is 4.79 Å². The van der Waals surface area contributed by atoms with Gasteiger partial charge in [0.2, 0.25) is 0 Å². The molecule has 2 rings (SSSR count). The minimum atomic E-state index is -0.771. The Kier molecular flexibility index (Phi) is 4.82. The molecule has 0 radical (unpaired) electrons. The molecule has 0 saturated carbocycles. The largest absolute Gasteiger partial charge is 0.481 e. The van der Waals surface area contributed by atoms with Crippen molar-refractivity contribution in [1.82, 2.24) is 9.80 Å². The zero-order valence-electron chi connectivity index (χ0n) is 13.5. The number of likely N-dealkylation sites (tertiary alicyclic amines) is 2. The number of hydrogen-bond acceptors (Lipinski definition) is 3. The van der Waals surface area contributed by atoms with Crippen molar-refractivity contribution in [2.45, 2.75) is 20.8 Å². The van der Waals surface area contributed by atoms with Gasteiger partial charge in [-0.25, -0.2) is 0 Å². The first kappa shape index (κ1) is 16.9. The Morgan fingerprint density at radius 2 is 1.50 bits per heavy atom. The summed E-state index contributed by atoms with van der Waals surface area (Å²) in [5.41, 5.74) is 1.79. The first-order valence-electron chi connectivity index (χ1n) is 6.96. The van der Waals surface area contributed by atoms with Gasteiger partial charge >= 0.3 is 5.97 Å². The fourth-order valence-corrected chi connectivity index (χ4v) is 2.81. The number of aliphatic carboxylic acids is 1. The summed E-state index contributed by atoms with van der Waals surface area (Å²) in [6.45, 7) is 17.5. The highest BCUT2D eigenvalue weighted by Gasteiger charge is 2.42. The van der Waals surface area contributed by atoms with E-state index in [4.69, 9.17) is 5.11 Å². The van der Waals surface area contributed by atoms with Crippen LogP contribution < -0.4 is 0 Å². The number of carboxylic acid groups (broad SMARTS) is 1. The lowest BCUT2D eigenvalue weighted by atomic mass is 9.86. The molecule has 0 aromatic rings. The molecule has 1 atom stereocenters. The highest BCUT2D eigenvalue weighted by atomic mass is 16.4. The maximum atomic E-state index is 10.8. The predicted octanol–water partition coefficient (Wildman–Crippen LogP) is 2.09. The molecule has 0 aromatic heterocycles. The maximum absolute atomic E-state index is 10.8. The maximum Gasteiger partial charge on any atom is 0.314 e.